The molecule has 0 aliphatic heterocycles. The topological polar surface area (TPSA) is 29.1 Å². The Kier molecular flexibility index (Phi) is 5.17. The second-order valence-electron chi connectivity index (χ2n) is 4.64. The monoisotopic (exact) mass is 291 g/mol. The maximum atomic E-state index is 11.6. The molecule has 0 heterocycles. The van der Waals surface area contributed by atoms with Crippen molar-refractivity contribution in [2.75, 3.05) is 5.75 Å². The van der Waals surface area contributed by atoms with Gasteiger partial charge >= 0.3 is 0 Å². The van der Waals surface area contributed by atoms with Gasteiger partial charge in [-0.15, -0.1) is 11.8 Å². The maximum Gasteiger partial charge on any atom is 0.230 e. The molecule has 0 aliphatic rings. The summed E-state index contributed by atoms with van der Waals surface area (Å²) >= 11 is 13.4. The SMILES string of the molecule is CC(C)(C)NC(=O)CSc1c(Cl)cccc1Cl. The molecule has 0 bridgehead atoms. The Morgan fingerprint density at radius 1 is 1.29 bits per heavy atom. The van der Waals surface area contributed by atoms with Gasteiger partial charge in [0.1, 0.15) is 0 Å². The summed E-state index contributed by atoms with van der Waals surface area (Å²) in [4.78, 5) is 12.4. The van der Waals surface area contributed by atoms with Crippen molar-refractivity contribution in [1.29, 1.82) is 0 Å². The predicted octanol–water partition coefficient (Wildman–Crippen LogP) is 4.00. The summed E-state index contributed by atoms with van der Waals surface area (Å²) in [5.74, 6) is 0.277. The van der Waals surface area contributed by atoms with E-state index >= 15 is 0 Å². The summed E-state index contributed by atoms with van der Waals surface area (Å²) < 4.78 is 0. The molecule has 0 spiro atoms. The lowest BCUT2D eigenvalue weighted by Crippen LogP contribution is -2.41. The highest BCUT2D eigenvalue weighted by Crippen LogP contribution is 2.33. The lowest BCUT2D eigenvalue weighted by molar-refractivity contribution is -0.119. The molecule has 5 heteroatoms. The summed E-state index contributed by atoms with van der Waals surface area (Å²) in [5, 5.41) is 4.03. The van der Waals surface area contributed by atoms with Crippen LogP contribution in [-0.4, -0.2) is 17.2 Å². The Hall–Kier alpha value is -0.380. The van der Waals surface area contributed by atoms with Gasteiger partial charge < -0.3 is 5.32 Å². The molecule has 94 valence electrons. The maximum absolute atomic E-state index is 11.6. The average molecular weight is 292 g/mol. The minimum absolute atomic E-state index is 0.0292. The lowest BCUT2D eigenvalue weighted by Gasteiger charge is -2.20. The first-order valence-electron chi connectivity index (χ1n) is 5.17. The second kappa shape index (κ2) is 5.98. The van der Waals surface area contributed by atoms with E-state index in [1.807, 2.05) is 20.8 Å². The molecule has 1 N–H and O–H groups in total. The Bertz CT molecular complexity index is 395. The average Bonchev–Trinajstić information content (AvgIpc) is 2.14. The van der Waals surface area contributed by atoms with Crippen LogP contribution >= 0.6 is 35.0 Å². The van der Waals surface area contributed by atoms with E-state index in [0.29, 0.717) is 15.8 Å². The minimum atomic E-state index is -0.220. The Morgan fingerprint density at radius 3 is 2.29 bits per heavy atom. The molecule has 0 atom stereocenters. The van der Waals surface area contributed by atoms with E-state index in [1.54, 1.807) is 18.2 Å². The van der Waals surface area contributed by atoms with Crippen molar-refractivity contribution in [1.82, 2.24) is 5.32 Å². The van der Waals surface area contributed by atoms with Gasteiger partial charge in [-0.2, -0.15) is 0 Å². The fraction of sp³-hybridized carbons (Fsp3) is 0.417. The van der Waals surface area contributed by atoms with Crippen LogP contribution in [0, 0.1) is 0 Å². The number of nitrogens with one attached hydrogen (secondary N) is 1. The molecule has 1 aromatic carbocycles. The Morgan fingerprint density at radius 2 is 1.82 bits per heavy atom. The standard InChI is InChI=1S/C12H15Cl2NOS/c1-12(2,3)15-10(16)7-17-11-8(13)5-4-6-9(11)14/h4-6H,7H2,1-3H3,(H,15,16). The Balaban J connectivity index is 2.59. The summed E-state index contributed by atoms with van der Waals surface area (Å²) in [7, 11) is 0. The first-order chi connectivity index (χ1) is 7.79. The molecule has 0 radical (unpaired) electrons. The number of hydrogen-bond donors (Lipinski definition) is 1. The molecular formula is C12H15Cl2NOS. The Labute approximate surface area is 116 Å². The molecule has 0 saturated carbocycles. The molecule has 1 rings (SSSR count). The fourth-order valence-corrected chi connectivity index (χ4v) is 2.70. The van der Waals surface area contributed by atoms with Crippen LogP contribution in [0.3, 0.4) is 0 Å². The van der Waals surface area contributed by atoms with Crippen molar-refractivity contribution >= 4 is 40.9 Å². The van der Waals surface area contributed by atoms with Gasteiger partial charge in [-0.05, 0) is 32.9 Å². The third kappa shape index (κ3) is 5.19. The smallest absolute Gasteiger partial charge is 0.230 e. The van der Waals surface area contributed by atoms with Crippen LogP contribution in [0.25, 0.3) is 0 Å². The first kappa shape index (κ1) is 14.7. The van der Waals surface area contributed by atoms with Crippen LogP contribution in [-0.2, 0) is 4.79 Å². The number of amides is 1. The zero-order valence-electron chi connectivity index (χ0n) is 10.0. The molecule has 0 saturated heterocycles. The van der Waals surface area contributed by atoms with Crippen LogP contribution in [0.2, 0.25) is 10.0 Å². The van der Waals surface area contributed by atoms with Crippen molar-refractivity contribution in [3.05, 3.63) is 28.2 Å². The van der Waals surface area contributed by atoms with Gasteiger partial charge in [0.25, 0.3) is 0 Å². The largest absolute Gasteiger partial charge is 0.351 e. The van der Waals surface area contributed by atoms with E-state index < -0.39 is 0 Å². The van der Waals surface area contributed by atoms with Crippen molar-refractivity contribution < 1.29 is 4.79 Å². The molecule has 17 heavy (non-hydrogen) atoms. The van der Waals surface area contributed by atoms with E-state index in [2.05, 4.69) is 5.32 Å². The number of carbonyl (C=O) groups is 1. The fourth-order valence-electron chi connectivity index (χ4n) is 1.21. The van der Waals surface area contributed by atoms with Crippen molar-refractivity contribution in [3.8, 4) is 0 Å². The van der Waals surface area contributed by atoms with Gasteiger partial charge in [0.15, 0.2) is 0 Å². The van der Waals surface area contributed by atoms with Gasteiger partial charge in [0.05, 0.1) is 15.8 Å². The van der Waals surface area contributed by atoms with E-state index in [-0.39, 0.29) is 11.4 Å². The van der Waals surface area contributed by atoms with Crippen molar-refractivity contribution in [2.45, 2.75) is 31.2 Å². The van der Waals surface area contributed by atoms with Crippen molar-refractivity contribution in [2.24, 2.45) is 0 Å². The zero-order chi connectivity index (χ0) is 13.1. The number of rotatable bonds is 3. The number of hydrogen-bond acceptors (Lipinski definition) is 2. The summed E-state index contributed by atoms with van der Waals surface area (Å²) in [6.07, 6.45) is 0. The number of halogens is 2. The molecule has 0 aromatic heterocycles. The van der Waals surface area contributed by atoms with Crippen LogP contribution in [0.4, 0.5) is 0 Å². The highest BCUT2D eigenvalue weighted by molar-refractivity contribution is 8.00. The number of carbonyl (C=O) groups excluding carboxylic acids is 1. The third-order valence-corrected chi connectivity index (χ3v) is 3.77. The zero-order valence-corrected chi connectivity index (χ0v) is 12.3. The molecular weight excluding hydrogens is 277 g/mol. The van der Waals surface area contributed by atoms with E-state index in [1.165, 1.54) is 11.8 Å². The number of thioether (sulfide) groups is 1. The van der Waals surface area contributed by atoms with Gasteiger partial charge in [-0.1, -0.05) is 29.3 Å². The normalized spacial score (nSPS) is 11.4. The minimum Gasteiger partial charge on any atom is -0.351 e. The molecule has 0 fully saturated rings. The molecule has 0 unspecified atom stereocenters. The van der Waals surface area contributed by atoms with Crippen molar-refractivity contribution in [3.63, 3.8) is 0 Å². The quantitative estimate of drug-likeness (QED) is 0.853. The van der Waals surface area contributed by atoms with Gasteiger partial charge in [-0.25, -0.2) is 0 Å². The van der Waals surface area contributed by atoms with Crippen LogP contribution in [0.5, 0.6) is 0 Å². The van der Waals surface area contributed by atoms with E-state index in [9.17, 15) is 4.79 Å². The first-order valence-corrected chi connectivity index (χ1v) is 6.91. The highest BCUT2D eigenvalue weighted by atomic mass is 35.5. The second-order valence-corrected chi connectivity index (χ2v) is 6.44. The summed E-state index contributed by atoms with van der Waals surface area (Å²) in [6, 6.07) is 5.30. The van der Waals surface area contributed by atoms with Gasteiger partial charge in [0.2, 0.25) is 5.91 Å². The summed E-state index contributed by atoms with van der Waals surface area (Å²) in [5.41, 5.74) is -0.220. The summed E-state index contributed by atoms with van der Waals surface area (Å²) in [6.45, 7) is 5.83. The molecule has 1 amide bonds. The van der Waals surface area contributed by atoms with E-state index in [0.717, 1.165) is 4.90 Å². The lowest BCUT2D eigenvalue weighted by atomic mass is 10.1. The van der Waals surface area contributed by atoms with Crippen LogP contribution in [0.1, 0.15) is 20.8 Å². The van der Waals surface area contributed by atoms with Crippen LogP contribution in [0.15, 0.2) is 23.1 Å². The van der Waals surface area contributed by atoms with Gasteiger partial charge in [-0.3, -0.25) is 4.79 Å². The van der Waals surface area contributed by atoms with Crippen LogP contribution < -0.4 is 5.32 Å². The number of benzene rings is 1. The molecule has 2 nitrogen and oxygen atoms in total. The van der Waals surface area contributed by atoms with Gasteiger partial charge in [0, 0.05) is 10.4 Å². The van der Waals surface area contributed by atoms with E-state index in [4.69, 9.17) is 23.2 Å². The molecule has 0 aliphatic carbocycles. The predicted molar refractivity (Wildman–Crippen MR) is 75.1 cm³/mol. The third-order valence-electron chi connectivity index (χ3n) is 1.78. The highest BCUT2D eigenvalue weighted by Gasteiger charge is 2.15. The molecule has 1 aromatic rings.